The molecule has 0 bridgehead atoms. The average molecular weight is 497 g/mol. The number of aliphatic hydroxyl groups is 1. The first kappa shape index (κ1) is 23.7. The summed E-state index contributed by atoms with van der Waals surface area (Å²) >= 11 is 0. The van der Waals surface area contributed by atoms with E-state index in [4.69, 9.17) is 14.0 Å². The van der Waals surface area contributed by atoms with Crippen LogP contribution in [0.3, 0.4) is 0 Å². The third-order valence-electron chi connectivity index (χ3n) is 5.77. The zero-order chi connectivity index (χ0) is 22.9. The van der Waals surface area contributed by atoms with Crippen molar-refractivity contribution in [1.82, 2.24) is 23.9 Å². The fourth-order valence-electron chi connectivity index (χ4n) is 4.13. The molecule has 15 heteroatoms. The number of ether oxygens (including phenoxy) is 2. The number of H-pyrrole nitrogens is 1. The van der Waals surface area contributed by atoms with E-state index < -0.39 is 37.9 Å². The molecule has 0 saturated carbocycles. The SMILES string of the molecule is COc1ccc(-c2cn3c(=O)c4ncn([C@@H]5O[C@@H]6COP(=O)([O-])O[C@H]6[C@H]5O)c4nc3[nH]2)cc1.[Na+]. The van der Waals surface area contributed by atoms with E-state index in [1.807, 2.05) is 12.1 Å². The van der Waals surface area contributed by atoms with Crippen LogP contribution in [0.1, 0.15) is 6.23 Å². The topological polar surface area (TPSA) is 165 Å². The van der Waals surface area contributed by atoms with Gasteiger partial charge in [-0.3, -0.25) is 13.9 Å². The Morgan fingerprint density at radius 2 is 2.09 bits per heavy atom. The summed E-state index contributed by atoms with van der Waals surface area (Å²) in [4.78, 5) is 36.4. The van der Waals surface area contributed by atoms with Crippen LogP contribution in [-0.4, -0.2) is 61.1 Å². The van der Waals surface area contributed by atoms with E-state index in [0.717, 1.165) is 5.56 Å². The van der Waals surface area contributed by atoms with Gasteiger partial charge >= 0.3 is 29.6 Å². The number of aliphatic hydroxyl groups excluding tert-OH is 1. The van der Waals surface area contributed by atoms with E-state index in [1.54, 1.807) is 25.4 Å². The van der Waals surface area contributed by atoms with Gasteiger partial charge in [-0.1, -0.05) is 0 Å². The number of nitrogens with one attached hydrogen (secondary N) is 1. The fourth-order valence-corrected chi connectivity index (χ4v) is 5.08. The number of methoxy groups -OCH3 is 1. The summed E-state index contributed by atoms with van der Waals surface area (Å²) < 4.78 is 34.8. The Bertz CT molecular complexity index is 1480. The average Bonchev–Trinajstić information content (AvgIpc) is 3.50. The molecule has 2 aliphatic rings. The molecule has 4 aromatic rings. The molecule has 0 radical (unpaired) electrons. The molecule has 2 N–H and O–H groups in total. The minimum absolute atomic E-state index is 0. The first-order chi connectivity index (χ1) is 15.8. The van der Waals surface area contributed by atoms with Gasteiger partial charge in [0, 0.05) is 6.20 Å². The minimum Gasteiger partial charge on any atom is -0.756 e. The molecule has 0 amide bonds. The predicted octanol–water partition coefficient (Wildman–Crippen LogP) is -2.81. The number of fused-ring (bicyclic) bond motifs is 3. The number of aromatic amines is 1. The van der Waals surface area contributed by atoms with Gasteiger partial charge in [0.2, 0.25) is 5.78 Å². The number of rotatable bonds is 3. The molecule has 0 spiro atoms. The molecule has 6 rings (SSSR count). The second kappa shape index (κ2) is 8.55. The molecule has 0 aliphatic carbocycles. The molecular weight excluding hydrogens is 480 g/mol. The molecule has 172 valence electrons. The Kier molecular flexibility index (Phi) is 5.96. The number of imidazole rings is 2. The van der Waals surface area contributed by atoms with Crippen LogP contribution in [0.15, 0.2) is 41.6 Å². The van der Waals surface area contributed by atoms with Gasteiger partial charge in [-0.05, 0) is 29.8 Å². The van der Waals surface area contributed by atoms with Crippen molar-refractivity contribution in [2.45, 2.75) is 24.5 Å². The third-order valence-corrected chi connectivity index (χ3v) is 6.73. The van der Waals surface area contributed by atoms with Crippen molar-refractivity contribution in [1.29, 1.82) is 0 Å². The molecule has 5 atom stereocenters. The second-order valence-electron chi connectivity index (χ2n) is 7.70. The molecule has 1 unspecified atom stereocenters. The van der Waals surface area contributed by atoms with Gasteiger partial charge in [0.1, 0.15) is 24.1 Å². The minimum atomic E-state index is -4.51. The van der Waals surface area contributed by atoms with Gasteiger partial charge in [-0.25, -0.2) is 9.38 Å². The van der Waals surface area contributed by atoms with Gasteiger partial charge in [-0.15, -0.1) is 0 Å². The zero-order valence-corrected chi connectivity index (χ0v) is 20.9. The van der Waals surface area contributed by atoms with Crippen LogP contribution < -0.4 is 44.7 Å². The van der Waals surface area contributed by atoms with Gasteiger partial charge in [-0.2, -0.15) is 4.98 Å². The molecular formula is C19H17N5NaO8P. The first-order valence-electron chi connectivity index (χ1n) is 9.94. The van der Waals surface area contributed by atoms with E-state index in [-0.39, 0.29) is 53.1 Å². The van der Waals surface area contributed by atoms with Crippen molar-refractivity contribution < 1.29 is 62.6 Å². The first-order valence-corrected chi connectivity index (χ1v) is 11.4. The number of aromatic nitrogens is 5. The van der Waals surface area contributed by atoms with Gasteiger partial charge < -0.3 is 33.5 Å². The van der Waals surface area contributed by atoms with E-state index >= 15 is 0 Å². The van der Waals surface area contributed by atoms with Crippen molar-refractivity contribution in [3.8, 4) is 17.0 Å². The van der Waals surface area contributed by atoms with Gasteiger partial charge in [0.25, 0.3) is 13.4 Å². The maximum Gasteiger partial charge on any atom is 1.00 e. The van der Waals surface area contributed by atoms with Crippen LogP contribution >= 0.6 is 7.82 Å². The monoisotopic (exact) mass is 497 g/mol. The Balaban J connectivity index is 0.00000241. The van der Waals surface area contributed by atoms with E-state index in [1.165, 1.54) is 15.3 Å². The molecule has 2 saturated heterocycles. The number of hydrogen-bond donors (Lipinski definition) is 2. The van der Waals surface area contributed by atoms with Crippen molar-refractivity contribution in [2.24, 2.45) is 0 Å². The number of nitrogens with zero attached hydrogens (tertiary/aromatic N) is 4. The summed E-state index contributed by atoms with van der Waals surface area (Å²) in [5, 5.41) is 10.7. The number of phosphoric acid groups is 1. The number of benzene rings is 1. The number of phosphoric ester groups is 1. The Hall–Kier alpha value is -2.06. The quantitative estimate of drug-likeness (QED) is 0.223. The summed E-state index contributed by atoms with van der Waals surface area (Å²) in [5.74, 6) is 0.959. The van der Waals surface area contributed by atoms with Crippen LogP contribution in [0.2, 0.25) is 0 Å². The van der Waals surface area contributed by atoms with Crippen LogP contribution in [0.25, 0.3) is 28.2 Å². The molecule has 34 heavy (non-hydrogen) atoms. The van der Waals surface area contributed by atoms with Crippen LogP contribution in [0.5, 0.6) is 5.75 Å². The van der Waals surface area contributed by atoms with Crippen molar-refractivity contribution in [3.05, 3.63) is 47.1 Å². The smallest absolute Gasteiger partial charge is 0.756 e. The Labute approximate surface area is 213 Å². The van der Waals surface area contributed by atoms with E-state index in [9.17, 15) is 19.4 Å². The number of hydrogen-bond acceptors (Lipinski definition) is 10. The summed E-state index contributed by atoms with van der Waals surface area (Å²) in [6.45, 7) is -0.284. The van der Waals surface area contributed by atoms with Gasteiger partial charge in [0.05, 0.1) is 25.7 Å². The Morgan fingerprint density at radius 3 is 2.82 bits per heavy atom. The molecule has 3 aromatic heterocycles. The van der Waals surface area contributed by atoms with Crippen molar-refractivity contribution in [3.63, 3.8) is 0 Å². The predicted molar refractivity (Wildman–Crippen MR) is 109 cm³/mol. The maximum absolute atomic E-state index is 13.1. The molecule has 1 aromatic carbocycles. The Morgan fingerprint density at radius 1 is 1.32 bits per heavy atom. The maximum atomic E-state index is 13.1. The molecule has 5 heterocycles. The van der Waals surface area contributed by atoms with E-state index in [2.05, 4.69) is 19.5 Å². The molecule has 2 aliphatic heterocycles. The molecule has 2 fully saturated rings. The second-order valence-corrected chi connectivity index (χ2v) is 9.06. The van der Waals surface area contributed by atoms with E-state index in [0.29, 0.717) is 11.4 Å². The van der Waals surface area contributed by atoms with Crippen LogP contribution in [-0.2, 0) is 18.3 Å². The molecule has 13 nitrogen and oxygen atoms in total. The summed E-state index contributed by atoms with van der Waals surface area (Å²) in [7, 11) is -2.94. The van der Waals surface area contributed by atoms with Crippen LogP contribution in [0, 0.1) is 0 Å². The summed E-state index contributed by atoms with van der Waals surface area (Å²) in [6, 6.07) is 7.28. The van der Waals surface area contributed by atoms with Gasteiger partial charge in [0.15, 0.2) is 17.4 Å². The van der Waals surface area contributed by atoms with Crippen LogP contribution in [0.4, 0.5) is 0 Å². The largest absolute Gasteiger partial charge is 1.00 e. The summed E-state index contributed by atoms with van der Waals surface area (Å²) in [6.07, 6.45) is -1.44. The third kappa shape index (κ3) is 3.73. The normalized spacial score (nSPS) is 28.7. The van der Waals surface area contributed by atoms with Crippen molar-refractivity contribution >= 4 is 24.8 Å². The summed E-state index contributed by atoms with van der Waals surface area (Å²) in [5.41, 5.74) is 1.28. The fraction of sp³-hybridized carbons (Fsp3) is 0.316. The zero-order valence-electron chi connectivity index (χ0n) is 18.0. The van der Waals surface area contributed by atoms with Crippen molar-refractivity contribution in [2.75, 3.05) is 13.7 Å². The standard InChI is InChI=1S/C19H18N5O8P.Na/c1-29-10-4-2-9(3-5-10)11-6-23-17(26)13-16(22-19(23)21-11)24(8-20-13)18-14(25)15-12(31-18)7-30-33(27,28)32-15;/h2-6,8,12,14-15,18,25H,7H2,1H3,(H,21,22)(H,27,28);/q;+1/p-1/t12-,14-,15-,18-;/m1./s1.